The molecule has 2 atom stereocenters. The number of ketones is 1. The second-order valence-corrected chi connectivity index (χ2v) is 7.59. The zero-order valence-corrected chi connectivity index (χ0v) is 16.4. The molecule has 0 aliphatic rings. The van der Waals surface area contributed by atoms with Gasteiger partial charge in [-0.05, 0) is 39.2 Å². The predicted molar refractivity (Wildman–Crippen MR) is 98.4 cm³/mol. The predicted octanol–water partition coefficient (Wildman–Crippen LogP) is 3.48. The number of benzene rings is 1. The lowest BCUT2D eigenvalue weighted by Gasteiger charge is -2.26. The van der Waals surface area contributed by atoms with E-state index in [-0.39, 0.29) is 12.5 Å². The molecule has 0 radical (unpaired) electrons. The molecule has 6 heteroatoms. The Morgan fingerprint density at radius 3 is 2.12 bits per heavy atom. The van der Waals surface area contributed by atoms with Gasteiger partial charge in [-0.15, -0.1) is 0 Å². The highest BCUT2D eigenvalue weighted by atomic mass is 16.6. The van der Waals surface area contributed by atoms with Gasteiger partial charge in [-0.3, -0.25) is 9.59 Å². The topological polar surface area (TPSA) is 81.7 Å². The Balaban J connectivity index is 2.68. The van der Waals surface area contributed by atoms with Crippen LogP contribution in [0.25, 0.3) is 0 Å². The molecular formula is C20H29NO5. The van der Waals surface area contributed by atoms with E-state index >= 15 is 0 Å². The smallest absolute Gasteiger partial charge is 0.408 e. The van der Waals surface area contributed by atoms with Crippen LogP contribution in [0.1, 0.15) is 47.1 Å². The van der Waals surface area contributed by atoms with E-state index in [9.17, 15) is 14.4 Å². The van der Waals surface area contributed by atoms with Crippen molar-refractivity contribution in [2.24, 2.45) is 11.8 Å². The van der Waals surface area contributed by atoms with Gasteiger partial charge in [-0.2, -0.15) is 0 Å². The lowest BCUT2D eigenvalue weighted by atomic mass is 9.92. The van der Waals surface area contributed by atoms with Gasteiger partial charge in [0.25, 0.3) is 0 Å². The molecule has 1 N–H and O–H groups in total. The van der Waals surface area contributed by atoms with Crippen LogP contribution in [0.15, 0.2) is 30.3 Å². The summed E-state index contributed by atoms with van der Waals surface area (Å²) < 4.78 is 10.4. The molecule has 0 heterocycles. The van der Waals surface area contributed by atoms with Crippen molar-refractivity contribution in [1.29, 1.82) is 0 Å². The Bertz CT molecular complexity index is 619. The van der Waals surface area contributed by atoms with E-state index in [0.29, 0.717) is 0 Å². The highest BCUT2D eigenvalue weighted by Gasteiger charge is 2.33. The Hall–Kier alpha value is -2.37. The first-order valence-corrected chi connectivity index (χ1v) is 8.75. The first kappa shape index (κ1) is 21.7. The standard InChI is InChI=1S/C20H29NO5/c1-13(2)16(21-19(24)26-20(4,5)6)17(22)14(3)18(23)25-12-15-10-8-7-9-11-15/h7-11,13-14,16H,12H2,1-6H3,(H,21,24)/t14?,16-/m0/s1. The number of alkyl carbamates (subject to hydrolysis) is 1. The SMILES string of the molecule is CC(C(=O)OCc1ccccc1)C(=O)[C@@H](NC(=O)OC(C)(C)C)C(C)C. The zero-order valence-electron chi connectivity index (χ0n) is 16.4. The van der Waals surface area contributed by atoms with Crippen molar-refractivity contribution in [2.45, 2.75) is 59.8 Å². The van der Waals surface area contributed by atoms with Crippen molar-refractivity contribution >= 4 is 17.8 Å². The molecule has 1 rings (SSSR count). The number of nitrogens with one attached hydrogen (secondary N) is 1. The zero-order chi connectivity index (χ0) is 19.9. The molecule has 1 aromatic rings. The third-order valence-electron chi connectivity index (χ3n) is 3.65. The monoisotopic (exact) mass is 363 g/mol. The number of carbonyl (C=O) groups is 3. The maximum absolute atomic E-state index is 12.7. The molecule has 26 heavy (non-hydrogen) atoms. The number of amides is 1. The van der Waals surface area contributed by atoms with Gasteiger partial charge in [0.05, 0.1) is 6.04 Å². The van der Waals surface area contributed by atoms with Crippen LogP contribution < -0.4 is 5.32 Å². The van der Waals surface area contributed by atoms with Crippen LogP contribution in [0.3, 0.4) is 0 Å². The van der Waals surface area contributed by atoms with E-state index in [4.69, 9.17) is 9.47 Å². The highest BCUT2D eigenvalue weighted by molar-refractivity contribution is 6.02. The summed E-state index contributed by atoms with van der Waals surface area (Å²) >= 11 is 0. The summed E-state index contributed by atoms with van der Waals surface area (Å²) in [5, 5.41) is 2.56. The Kier molecular flexibility index (Phi) is 7.80. The molecule has 0 bridgehead atoms. The molecule has 6 nitrogen and oxygen atoms in total. The van der Waals surface area contributed by atoms with Crippen molar-refractivity contribution in [3.8, 4) is 0 Å². The van der Waals surface area contributed by atoms with Crippen LogP contribution in [-0.2, 0) is 25.7 Å². The van der Waals surface area contributed by atoms with Crippen LogP contribution in [0.4, 0.5) is 4.79 Å². The molecule has 0 aliphatic carbocycles. The average Bonchev–Trinajstić information content (AvgIpc) is 2.55. The van der Waals surface area contributed by atoms with E-state index in [1.807, 2.05) is 30.3 Å². The fraction of sp³-hybridized carbons (Fsp3) is 0.550. The Morgan fingerprint density at radius 2 is 1.62 bits per heavy atom. The molecule has 0 spiro atoms. The fourth-order valence-electron chi connectivity index (χ4n) is 2.24. The quantitative estimate of drug-likeness (QED) is 0.592. The van der Waals surface area contributed by atoms with Crippen molar-refractivity contribution in [3.05, 3.63) is 35.9 Å². The normalized spacial score (nSPS) is 13.7. The number of ether oxygens (including phenoxy) is 2. The largest absolute Gasteiger partial charge is 0.460 e. The second-order valence-electron chi connectivity index (χ2n) is 7.59. The number of Topliss-reactive ketones (excluding diaryl/α,β-unsaturated/α-hetero) is 1. The first-order valence-electron chi connectivity index (χ1n) is 8.75. The van der Waals surface area contributed by atoms with Crippen molar-refractivity contribution in [3.63, 3.8) is 0 Å². The Labute approximate surface area is 155 Å². The van der Waals surface area contributed by atoms with Gasteiger partial charge in [0.2, 0.25) is 0 Å². The van der Waals surface area contributed by atoms with Crippen LogP contribution in [0.2, 0.25) is 0 Å². The van der Waals surface area contributed by atoms with Crippen LogP contribution in [0, 0.1) is 11.8 Å². The minimum Gasteiger partial charge on any atom is -0.460 e. The number of esters is 1. The van der Waals surface area contributed by atoms with E-state index in [1.165, 1.54) is 6.92 Å². The Morgan fingerprint density at radius 1 is 1.04 bits per heavy atom. The minimum absolute atomic E-state index is 0.100. The summed E-state index contributed by atoms with van der Waals surface area (Å²) in [6, 6.07) is 8.40. The second kappa shape index (κ2) is 9.36. The third kappa shape index (κ3) is 7.25. The summed E-state index contributed by atoms with van der Waals surface area (Å²) in [5.74, 6) is -2.19. The molecule has 1 unspecified atom stereocenters. The van der Waals surface area contributed by atoms with Gasteiger partial charge in [0, 0.05) is 0 Å². The molecule has 0 aromatic heterocycles. The van der Waals surface area contributed by atoms with Gasteiger partial charge < -0.3 is 14.8 Å². The molecule has 0 aliphatic heterocycles. The summed E-state index contributed by atoms with van der Waals surface area (Å²) in [6.07, 6.45) is -0.686. The summed E-state index contributed by atoms with van der Waals surface area (Å²) in [5.41, 5.74) is 0.169. The lowest BCUT2D eigenvalue weighted by molar-refractivity contribution is -0.153. The molecule has 1 aromatic carbocycles. The molecule has 1 amide bonds. The van der Waals surface area contributed by atoms with Gasteiger partial charge in [-0.25, -0.2) is 4.79 Å². The summed E-state index contributed by atoms with van der Waals surface area (Å²) in [4.78, 5) is 36.9. The van der Waals surface area contributed by atoms with Gasteiger partial charge in [0.1, 0.15) is 18.1 Å². The fourth-order valence-corrected chi connectivity index (χ4v) is 2.24. The summed E-state index contributed by atoms with van der Waals surface area (Å²) in [6.45, 7) is 10.4. The van der Waals surface area contributed by atoms with E-state index in [2.05, 4.69) is 5.32 Å². The van der Waals surface area contributed by atoms with Crippen molar-refractivity contribution in [1.82, 2.24) is 5.32 Å². The van der Waals surface area contributed by atoms with E-state index in [1.54, 1.807) is 34.6 Å². The molecule has 0 saturated carbocycles. The third-order valence-corrected chi connectivity index (χ3v) is 3.65. The molecule has 0 fully saturated rings. The number of hydrogen-bond acceptors (Lipinski definition) is 5. The average molecular weight is 363 g/mol. The van der Waals surface area contributed by atoms with Crippen molar-refractivity contribution in [2.75, 3.05) is 0 Å². The van der Waals surface area contributed by atoms with Gasteiger partial charge in [0.15, 0.2) is 5.78 Å². The number of rotatable bonds is 7. The first-order chi connectivity index (χ1) is 12.0. The van der Waals surface area contributed by atoms with Crippen LogP contribution in [-0.4, -0.2) is 29.5 Å². The molecule has 0 saturated heterocycles. The maximum Gasteiger partial charge on any atom is 0.408 e. The van der Waals surface area contributed by atoms with Crippen LogP contribution >= 0.6 is 0 Å². The van der Waals surface area contributed by atoms with Crippen LogP contribution in [0.5, 0.6) is 0 Å². The number of carbonyl (C=O) groups excluding carboxylic acids is 3. The van der Waals surface area contributed by atoms with Gasteiger partial charge in [-0.1, -0.05) is 44.2 Å². The van der Waals surface area contributed by atoms with E-state index in [0.717, 1.165) is 5.56 Å². The molecule has 144 valence electrons. The lowest BCUT2D eigenvalue weighted by Crippen LogP contribution is -2.49. The minimum atomic E-state index is -0.985. The van der Waals surface area contributed by atoms with E-state index < -0.39 is 35.4 Å². The molecular weight excluding hydrogens is 334 g/mol. The van der Waals surface area contributed by atoms with Crippen molar-refractivity contribution < 1.29 is 23.9 Å². The van der Waals surface area contributed by atoms with Gasteiger partial charge >= 0.3 is 12.1 Å². The maximum atomic E-state index is 12.7. The summed E-state index contributed by atoms with van der Waals surface area (Å²) in [7, 11) is 0. The number of hydrogen-bond donors (Lipinski definition) is 1. The highest BCUT2D eigenvalue weighted by Crippen LogP contribution is 2.14.